The lowest BCUT2D eigenvalue weighted by Crippen LogP contribution is -2.37. The fourth-order valence-electron chi connectivity index (χ4n) is 3.77. The van der Waals surface area contributed by atoms with E-state index in [0.29, 0.717) is 30.4 Å². The fraction of sp³-hybridized carbons (Fsp3) is 0.208. The number of hydrogen-bond acceptors (Lipinski definition) is 3. The van der Waals surface area contributed by atoms with E-state index >= 15 is 0 Å². The predicted molar refractivity (Wildman–Crippen MR) is 129 cm³/mol. The first-order valence-electron chi connectivity index (χ1n) is 9.99. The van der Waals surface area contributed by atoms with Crippen LogP contribution in [0.1, 0.15) is 5.56 Å². The summed E-state index contributed by atoms with van der Waals surface area (Å²) < 4.78 is 7.49. The molecule has 0 atom stereocenters. The molecule has 5 nitrogen and oxygen atoms in total. The Bertz CT molecular complexity index is 1190. The molecule has 0 aliphatic rings. The lowest BCUT2D eigenvalue weighted by atomic mass is 10.1. The normalized spacial score (nSPS) is 11.1. The van der Waals surface area contributed by atoms with Crippen LogP contribution in [-0.4, -0.2) is 35.8 Å². The van der Waals surface area contributed by atoms with Crippen molar-refractivity contribution in [2.75, 3.05) is 25.6 Å². The summed E-state index contributed by atoms with van der Waals surface area (Å²) >= 11 is 7.78. The molecule has 2 amide bonds. The highest BCUT2D eigenvalue weighted by Crippen LogP contribution is 2.36. The van der Waals surface area contributed by atoms with Crippen molar-refractivity contribution in [2.24, 2.45) is 7.05 Å². The molecule has 1 N–H and O–H groups in total. The van der Waals surface area contributed by atoms with Crippen LogP contribution in [0, 0.1) is 0 Å². The summed E-state index contributed by atoms with van der Waals surface area (Å²) in [5.74, 6) is 0. The molecule has 160 valence electrons. The van der Waals surface area contributed by atoms with Gasteiger partial charge in [0, 0.05) is 47.9 Å². The third-order valence-corrected chi connectivity index (χ3v) is 6.36. The van der Waals surface area contributed by atoms with Gasteiger partial charge in [0.1, 0.15) is 0 Å². The molecule has 0 fully saturated rings. The zero-order chi connectivity index (χ0) is 21.8. The number of hydrogen-bond donors (Lipinski definition) is 1. The van der Waals surface area contributed by atoms with E-state index in [-0.39, 0.29) is 6.03 Å². The summed E-state index contributed by atoms with van der Waals surface area (Å²) in [4.78, 5) is 16.1. The Labute approximate surface area is 190 Å². The molecule has 0 saturated heterocycles. The summed E-state index contributed by atoms with van der Waals surface area (Å²) in [7, 11) is 3.72. The monoisotopic (exact) mass is 453 g/mol. The van der Waals surface area contributed by atoms with E-state index in [1.54, 1.807) is 35.5 Å². The number of carbonyl (C=O) groups is 1. The Morgan fingerprint density at radius 2 is 2.00 bits per heavy atom. The predicted octanol–water partition coefficient (Wildman–Crippen LogP) is 6.24. The maximum absolute atomic E-state index is 13.2. The number of methoxy groups -OCH3 is 1. The first kappa shape index (κ1) is 21.4. The van der Waals surface area contributed by atoms with Gasteiger partial charge in [0.15, 0.2) is 0 Å². The standard InChI is InChI=1S/C24H24ClN3O2S/c1-27-21-10-4-3-9-19(21)20(23(27)22-11-6-14-31-22)16-28(12-13-30-2)24(29)26-18-8-5-7-17(25)15-18/h3-11,14-15H,12-13,16H2,1-2H3,(H,26,29). The van der Waals surface area contributed by atoms with E-state index < -0.39 is 0 Å². The second-order valence-electron chi connectivity index (χ2n) is 7.24. The summed E-state index contributed by atoms with van der Waals surface area (Å²) in [5.41, 5.74) is 4.06. The van der Waals surface area contributed by atoms with Gasteiger partial charge in [-0.25, -0.2) is 4.79 Å². The molecule has 0 spiro atoms. The molecule has 0 bridgehead atoms. The molecule has 0 aliphatic heterocycles. The lowest BCUT2D eigenvalue weighted by molar-refractivity contribution is 0.153. The second-order valence-corrected chi connectivity index (χ2v) is 8.62. The van der Waals surface area contributed by atoms with Gasteiger partial charge >= 0.3 is 6.03 Å². The number of halogens is 1. The summed E-state index contributed by atoms with van der Waals surface area (Å²) in [6.07, 6.45) is 0. The van der Waals surface area contributed by atoms with Crippen molar-refractivity contribution >= 4 is 45.6 Å². The van der Waals surface area contributed by atoms with Crippen molar-refractivity contribution in [1.82, 2.24) is 9.47 Å². The molecule has 4 rings (SSSR count). The maximum Gasteiger partial charge on any atom is 0.322 e. The number of ether oxygens (including phenoxy) is 1. The summed E-state index contributed by atoms with van der Waals surface area (Å²) in [6.45, 7) is 1.38. The molecule has 2 aromatic heterocycles. The van der Waals surface area contributed by atoms with Crippen molar-refractivity contribution in [3.8, 4) is 10.6 Å². The topological polar surface area (TPSA) is 46.5 Å². The number of aromatic nitrogens is 1. The van der Waals surface area contributed by atoms with Gasteiger partial charge in [0.2, 0.25) is 0 Å². The van der Waals surface area contributed by atoms with Crippen LogP contribution in [0.5, 0.6) is 0 Å². The van der Waals surface area contributed by atoms with E-state index in [1.807, 2.05) is 24.3 Å². The van der Waals surface area contributed by atoms with Crippen molar-refractivity contribution in [1.29, 1.82) is 0 Å². The van der Waals surface area contributed by atoms with Gasteiger partial charge in [-0.3, -0.25) is 0 Å². The number of para-hydroxylation sites is 1. The second kappa shape index (κ2) is 9.56. The molecule has 7 heteroatoms. The van der Waals surface area contributed by atoms with Gasteiger partial charge in [-0.1, -0.05) is 41.9 Å². The molecule has 31 heavy (non-hydrogen) atoms. The number of rotatable bonds is 7. The number of benzene rings is 2. The highest BCUT2D eigenvalue weighted by molar-refractivity contribution is 7.13. The SMILES string of the molecule is COCCN(Cc1c(-c2cccs2)n(C)c2ccccc12)C(=O)Nc1cccc(Cl)c1. The number of urea groups is 1. The highest BCUT2D eigenvalue weighted by Gasteiger charge is 2.22. The van der Waals surface area contributed by atoms with E-state index in [0.717, 1.165) is 22.2 Å². The van der Waals surface area contributed by atoms with Crippen LogP contribution in [0.2, 0.25) is 5.02 Å². The van der Waals surface area contributed by atoms with Gasteiger partial charge in [-0.05, 0) is 35.7 Å². The van der Waals surface area contributed by atoms with Gasteiger partial charge in [-0.15, -0.1) is 11.3 Å². The van der Waals surface area contributed by atoms with Crippen LogP contribution < -0.4 is 5.32 Å². The number of nitrogens with one attached hydrogen (secondary N) is 1. The number of amides is 2. The third kappa shape index (κ3) is 4.61. The molecule has 0 saturated carbocycles. The average Bonchev–Trinajstić information content (AvgIpc) is 3.38. The molecule has 4 aromatic rings. The van der Waals surface area contributed by atoms with Crippen molar-refractivity contribution < 1.29 is 9.53 Å². The quantitative estimate of drug-likeness (QED) is 0.360. The Hall–Kier alpha value is -2.80. The number of nitrogens with zero attached hydrogens (tertiary/aromatic N) is 2. The van der Waals surface area contributed by atoms with Crippen molar-refractivity contribution in [2.45, 2.75) is 6.54 Å². The number of thiophene rings is 1. The molecule has 0 aliphatic carbocycles. The smallest absolute Gasteiger partial charge is 0.322 e. The van der Waals surface area contributed by atoms with E-state index in [9.17, 15) is 4.79 Å². The minimum Gasteiger partial charge on any atom is -0.383 e. The first-order valence-corrected chi connectivity index (χ1v) is 11.2. The van der Waals surface area contributed by atoms with Gasteiger partial charge in [-0.2, -0.15) is 0 Å². The van der Waals surface area contributed by atoms with Crippen molar-refractivity contribution in [3.63, 3.8) is 0 Å². The minimum absolute atomic E-state index is 0.190. The third-order valence-electron chi connectivity index (χ3n) is 5.24. The molecule has 2 aromatic carbocycles. The maximum atomic E-state index is 13.2. The average molecular weight is 454 g/mol. The summed E-state index contributed by atoms with van der Waals surface area (Å²) in [5, 5.41) is 6.76. The lowest BCUT2D eigenvalue weighted by Gasteiger charge is -2.23. The zero-order valence-electron chi connectivity index (χ0n) is 17.5. The largest absolute Gasteiger partial charge is 0.383 e. The van der Waals surface area contributed by atoms with Crippen LogP contribution >= 0.6 is 22.9 Å². The van der Waals surface area contributed by atoms with Crippen LogP contribution in [0.25, 0.3) is 21.5 Å². The van der Waals surface area contributed by atoms with Gasteiger partial charge in [0.25, 0.3) is 0 Å². The molecule has 0 radical (unpaired) electrons. The highest BCUT2D eigenvalue weighted by atomic mass is 35.5. The van der Waals surface area contributed by atoms with Gasteiger partial charge < -0.3 is 19.5 Å². The number of fused-ring (bicyclic) bond motifs is 1. The Morgan fingerprint density at radius 1 is 1.16 bits per heavy atom. The fourth-order valence-corrected chi connectivity index (χ4v) is 4.80. The number of aryl methyl sites for hydroxylation is 1. The van der Waals surface area contributed by atoms with Crippen molar-refractivity contribution in [3.05, 3.63) is 76.6 Å². The van der Waals surface area contributed by atoms with Crippen LogP contribution in [0.15, 0.2) is 66.0 Å². The molecule has 0 unspecified atom stereocenters. The van der Waals surface area contributed by atoms with Gasteiger partial charge in [0.05, 0.1) is 23.7 Å². The molecular formula is C24H24ClN3O2S. The van der Waals surface area contributed by atoms with E-state index in [1.165, 1.54) is 4.88 Å². The Morgan fingerprint density at radius 3 is 2.74 bits per heavy atom. The van der Waals surface area contributed by atoms with E-state index in [4.69, 9.17) is 16.3 Å². The zero-order valence-corrected chi connectivity index (χ0v) is 19.0. The first-order chi connectivity index (χ1) is 15.1. The summed E-state index contributed by atoms with van der Waals surface area (Å²) in [6, 6.07) is 19.5. The van der Waals surface area contributed by atoms with Crippen LogP contribution in [0.4, 0.5) is 10.5 Å². The Balaban J connectivity index is 1.71. The molecular weight excluding hydrogens is 430 g/mol. The molecule has 2 heterocycles. The van der Waals surface area contributed by atoms with Crippen LogP contribution in [0.3, 0.4) is 0 Å². The van der Waals surface area contributed by atoms with E-state index in [2.05, 4.69) is 46.6 Å². The minimum atomic E-state index is -0.190. The number of carbonyl (C=O) groups excluding carboxylic acids is 1. The van der Waals surface area contributed by atoms with Crippen LogP contribution in [-0.2, 0) is 18.3 Å². The Kier molecular flexibility index (Phi) is 6.61. The number of anilines is 1.